The highest BCUT2D eigenvalue weighted by Gasteiger charge is 2.38. The number of anilines is 1. The number of hydrogen-bond donors (Lipinski definition) is 0. The SMILES string of the molecule is COC(=O)c1ccc(C(=O)OC)c(S(=O)(=O)N2c3ccccc3CC2C)c1. The fourth-order valence-corrected chi connectivity index (χ4v) is 5.17. The van der Waals surface area contributed by atoms with Gasteiger partial charge in [-0.05, 0) is 43.2 Å². The fraction of sp³-hybridized carbons (Fsp3) is 0.263. The maximum absolute atomic E-state index is 13.5. The Kier molecular flexibility index (Phi) is 4.93. The van der Waals surface area contributed by atoms with E-state index in [2.05, 4.69) is 4.74 Å². The van der Waals surface area contributed by atoms with E-state index in [9.17, 15) is 18.0 Å². The van der Waals surface area contributed by atoms with Gasteiger partial charge in [0.2, 0.25) is 0 Å². The average molecular weight is 389 g/mol. The van der Waals surface area contributed by atoms with Gasteiger partial charge in [0.05, 0.1) is 31.0 Å². The summed E-state index contributed by atoms with van der Waals surface area (Å²) in [5.41, 5.74) is 1.35. The Morgan fingerprint density at radius 2 is 1.70 bits per heavy atom. The molecule has 8 heteroatoms. The predicted octanol–water partition coefficient (Wildman–Crippen LogP) is 2.40. The van der Waals surface area contributed by atoms with Gasteiger partial charge in [-0.1, -0.05) is 18.2 Å². The first kappa shape index (κ1) is 18.9. The van der Waals surface area contributed by atoms with Crippen LogP contribution >= 0.6 is 0 Å². The molecular weight excluding hydrogens is 370 g/mol. The first-order valence-corrected chi connectivity index (χ1v) is 9.68. The highest BCUT2D eigenvalue weighted by molar-refractivity contribution is 7.93. The largest absolute Gasteiger partial charge is 0.465 e. The molecule has 0 aliphatic carbocycles. The van der Waals surface area contributed by atoms with E-state index in [1.165, 1.54) is 30.7 Å². The summed E-state index contributed by atoms with van der Waals surface area (Å²) in [4.78, 5) is 23.7. The third-order valence-corrected chi connectivity index (χ3v) is 6.46. The minimum Gasteiger partial charge on any atom is -0.465 e. The van der Waals surface area contributed by atoms with E-state index in [0.29, 0.717) is 12.1 Å². The first-order chi connectivity index (χ1) is 12.8. The van der Waals surface area contributed by atoms with Crippen LogP contribution in [-0.2, 0) is 25.9 Å². The van der Waals surface area contributed by atoms with E-state index in [1.807, 2.05) is 12.1 Å². The third kappa shape index (κ3) is 3.16. The smallest absolute Gasteiger partial charge is 0.339 e. The minimum absolute atomic E-state index is 0.0314. The zero-order valence-corrected chi connectivity index (χ0v) is 15.9. The second-order valence-electron chi connectivity index (χ2n) is 6.18. The Labute approximate surface area is 157 Å². The number of nitrogens with zero attached hydrogens (tertiary/aromatic N) is 1. The van der Waals surface area contributed by atoms with Crippen molar-refractivity contribution in [2.45, 2.75) is 24.3 Å². The van der Waals surface area contributed by atoms with Crippen LogP contribution in [0.4, 0.5) is 5.69 Å². The number of rotatable bonds is 4. The van der Waals surface area contributed by atoms with E-state index in [4.69, 9.17) is 4.74 Å². The van der Waals surface area contributed by atoms with Gasteiger partial charge < -0.3 is 9.47 Å². The molecule has 0 fully saturated rings. The number of sulfonamides is 1. The van der Waals surface area contributed by atoms with Gasteiger partial charge in [0.15, 0.2) is 0 Å². The molecule has 0 bridgehead atoms. The molecule has 0 N–H and O–H groups in total. The molecule has 0 saturated heterocycles. The second-order valence-corrected chi connectivity index (χ2v) is 7.96. The van der Waals surface area contributed by atoms with Gasteiger partial charge in [-0.3, -0.25) is 4.31 Å². The summed E-state index contributed by atoms with van der Waals surface area (Å²) in [6.07, 6.45) is 0.555. The molecule has 1 atom stereocenters. The van der Waals surface area contributed by atoms with Crippen LogP contribution < -0.4 is 4.31 Å². The van der Waals surface area contributed by atoms with Gasteiger partial charge >= 0.3 is 11.9 Å². The topological polar surface area (TPSA) is 90.0 Å². The van der Waals surface area contributed by atoms with Gasteiger partial charge in [0, 0.05) is 6.04 Å². The first-order valence-electron chi connectivity index (χ1n) is 8.24. The number of methoxy groups -OCH3 is 2. The Morgan fingerprint density at radius 1 is 1.04 bits per heavy atom. The van der Waals surface area contributed by atoms with Gasteiger partial charge in [0.1, 0.15) is 4.90 Å². The molecule has 1 unspecified atom stereocenters. The number of ether oxygens (including phenoxy) is 2. The van der Waals surface area contributed by atoms with E-state index >= 15 is 0 Å². The molecule has 2 aromatic carbocycles. The standard InChI is InChI=1S/C19H19NO6S/c1-12-10-13-6-4-5-7-16(13)20(12)27(23,24)17-11-14(18(21)25-2)8-9-15(17)19(22)26-3/h4-9,11-12H,10H2,1-3H3. The molecular formula is C19H19NO6S. The molecule has 1 aliphatic rings. The van der Waals surface area contributed by atoms with Crippen LogP contribution in [0.2, 0.25) is 0 Å². The zero-order valence-electron chi connectivity index (χ0n) is 15.1. The van der Waals surface area contributed by atoms with Crippen LogP contribution in [0.25, 0.3) is 0 Å². The Morgan fingerprint density at radius 3 is 2.37 bits per heavy atom. The molecule has 0 aromatic heterocycles. The Hall–Kier alpha value is -2.87. The predicted molar refractivity (Wildman–Crippen MR) is 98.4 cm³/mol. The molecule has 0 saturated carbocycles. The monoisotopic (exact) mass is 389 g/mol. The Bertz CT molecular complexity index is 1010. The number of carbonyl (C=O) groups excluding carboxylic acids is 2. The summed E-state index contributed by atoms with van der Waals surface area (Å²) in [6.45, 7) is 1.79. The van der Waals surface area contributed by atoms with E-state index in [1.54, 1.807) is 19.1 Å². The van der Waals surface area contributed by atoms with Crippen LogP contribution in [0.3, 0.4) is 0 Å². The lowest BCUT2D eigenvalue weighted by Gasteiger charge is -2.25. The van der Waals surface area contributed by atoms with Crippen molar-refractivity contribution in [2.75, 3.05) is 18.5 Å². The molecule has 1 heterocycles. The number of esters is 2. The summed E-state index contributed by atoms with van der Waals surface area (Å²) < 4.78 is 37.6. The molecule has 7 nitrogen and oxygen atoms in total. The maximum atomic E-state index is 13.5. The van der Waals surface area contributed by atoms with Crippen molar-refractivity contribution in [1.82, 2.24) is 0 Å². The highest BCUT2D eigenvalue weighted by Crippen LogP contribution is 2.37. The van der Waals surface area contributed by atoms with Crippen molar-refractivity contribution < 1.29 is 27.5 Å². The Balaban J connectivity index is 2.21. The molecule has 3 rings (SSSR count). The van der Waals surface area contributed by atoms with Crippen LogP contribution in [0.1, 0.15) is 33.2 Å². The maximum Gasteiger partial charge on any atom is 0.339 e. The van der Waals surface area contributed by atoms with Crippen molar-refractivity contribution in [3.63, 3.8) is 0 Å². The quantitative estimate of drug-likeness (QED) is 0.746. The van der Waals surface area contributed by atoms with E-state index < -0.39 is 22.0 Å². The molecule has 27 heavy (non-hydrogen) atoms. The normalized spacial score (nSPS) is 16.0. The van der Waals surface area contributed by atoms with Crippen molar-refractivity contribution in [3.05, 3.63) is 59.2 Å². The van der Waals surface area contributed by atoms with Crippen LogP contribution in [-0.4, -0.2) is 40.6 Å². The lowest BCUT2D eigenvalue weighted by Crippen LogP contribution is -2.36. The molecule has 0 spiro atoms. The molecule has 142 valence electrons. The van der Waals surface area contributed by atoms with Crippen LogP contribution in [0.5, 0.6) is 0 Å². The summed E-state index contributed by atoms with van der Waals surface area (Å²) >= 11 is 0. The second kappa shape index (κ2) is 7.03. The van der Waals surface area contributed by atoms with Gasteiger partial charge in [-0.15, -0.1) is 0 Å². The molecule has 2 aromatic rings. The van der Waals surface area contributed by atoms with Gasteiger partial charge in [-0.2, -0.15) is 0 Å². The van der Waals surface area contributed by atoms with Crippen LogP contribution in [0.15, 0.2) is 47.4 Å². The van der Waals surface area contributed by atoms with Crippen LogP contribution in [0, 0.1) is 0 Å². The number of carbonyl (C=O) groups is 2. The number of para-hydroxylation sites is 1. The summed E-state index contributed by atoms with van der Waals surface area (Å²) in [7, 11) is -1.76. The van der Waals surface area contributed by atoms with Crippen molar-refractivity contribution >= 4 is 27.6 Å². The lowest BCUT2D eigenvalue weighted by atomic mass is 10.1. The van der Waals surface area contributed by atoms with Gasteiger partial charge in [0.25, 0.3) is 10.0 Å². The molecule has 0 amide bonds. The lowest BCUT2D eigenvalue weighted by molar-refractivity contribution is 0.0583. The third-order valence-electron chi connectivity index (χ3n) is 4.49. The summed E-state index contributed by atoms with van der Waals surface area (Å²) in [5.74, 6) is -1.50. The van der Waals surface area contributed by atoms with Crippen molar-refractivity contribution in [1.29, 1.82) is 0 Å². The van der Waals surface area contributed by atoms with Crippen molar-refractivity contribution in [2.24, 2.45) is 0 Å². The van der Waals surface area contributed by atoms with E-state index in [0.717, 1.165) is 11.6 Å². The highest BCUT2D eigenvalue weighted by atomic mass is 32.2. The number of fused-ring (bicyclic) bond motifs is 1. The average Bonchev–Trinajstić information content (AvgIpc) is 3.02. The van der Waals surface area contributed by atoms with Gasteiger partial charge in [-0.25, -0.2) is 18.0 Å². The minimum atomic E-state index is -4.13. The fourth-order valence-electron chi connectivity index (χ4n) is 3.27. The number of benzene rings is 2. The summed E-state index contributed by atoms with van der Waals surface area (Å²) in [5, 5.41) is 0. The molecule has 1 aliphatic heterocycles. The number of hydrogen-bond acceptors (Lipinski definition) is 6. The molecule has 0 radical (unpaired) electrons. The summed E-state index contributed by atoms with van der Waals surface area (Å²) in [6, 6.07) is 10.6. The van der Waals surface area contributed by atoms with Crippen molar-refractivity contribution in [3.8, 4) is 0 Å². The zero-order chi connectivity index (χ0) is 19.8. The van der Waals surface area contributed by atoms with E-state index in [-0.39, 0.29) is 22.1 Å².